The van der Waals surface area contributed by atoms with E-state index in [1.54, 1.807) is 0 Å². The second kappa shape index (κ2) is 3.22. The number of thiocarbonyl (C=S) groups is 1. The van der Waals surface area contributed by atoms with E-state index in [1.807, 2.05) is 18.3 Å². The molecule has 0 atom stereocenters. The third-order valence-electron chi connectivity index (χ3n) is 1.12. The van der Waals surface area contributed by atoms with Gasteiger partial charge in [0, 0.05) is 11.9 Å². The zero-order valence-electron chi connectivity index (χ0n) is 5.42. The molecule has 0 aliphatic heterocycles. The second-order valence-electron chi connectivity index (χ2n) is 1.91. The van der Waals surface area contributed by atoms with E-state index in [9.17, 15) is 0 Å². The summed E-state index contributed by atoms with van der Waals surface area (Å²) in [5.74, 6) is 0. The number of nitrogens with one attached hydrogen (secondary N) is 2. The minimum absolute atomic E-state index is 0.328. The summed E-state index contributed by atoms with van der Waals surface area (Å²) in [5.41, 5.74) is 6.29. The van der Waals surface area contributed by atoms with Crippen LogP contribution in [0.1, 0.15) is 5.69 Å². The van der Waals surface area contributed by atoms with Gasteiger partial charge in [0.25, 0.3) is 0 Å². The smallest absolute Gasteiger partial charge is 0.163 e. The maximum Gasteiger partial charge on any atom is 0.163 e. The quantitative estimate of drug-likeness (QED) is 0.540. The summed E-state index contributed by atoms with van der Waals surface area (Å²) in [5, 5.41) is 3.15. The van der Waals surface area contributed by atoms with E-state index in [-0.39, 0.29) is 0 Å². The van der Waals surface area contributed by atoms with Crippen LogP contribution in [0.15, 0.2) is 18.3 Å². The van der Waals surface area contributed by atoms with Crippen LogP contribution in [0, 0.1) is 0 Å². The van der Waals surface area contributed by atoms with Gasteiger partial charge in [-0.2, -0.15) is 0 Å². The van der Waals surface area contributed by atoms with Gasteiger partial charge >= 0.3 is 0 Å². The molecule has 4 heteroatoms. The van der Waals surface area contributed by atoms with Crippen LogP contribution in [0.5, 0.6) is 0 Å². The van der Waals surface area contributed by atoms with Crippen molar-refractivity contribution in [2.45, 2.75) is 6.54 Å². The summed E-state index contributed by atoms with van der Waals surface area (Å²) in [4.78, 5) is 3.01. The lowest BCUT2D eigenvalue weighted by Gasteiger charge is -1.99. The Kier molecular flexibility index (Phi) is 2.28. The van der Waals surface area contributed by atoms with Gasteiger partial charge < -0.3 is 16.0 Å². The lowest BCUT2D eigenvalue weighted by Crippen LogP contribution is -2.28. The minimum Gasteiger partial charge on any atom is -0.376 e. The Morgan fingerprint density at radius 2 is 2.60 bits per heavy atom. The van der Waals surface area contributed by atoms with Crippen LogP contribution in [0.3, 0.4) is 0 Å². The molecule has 0 aromatic carbocycles. The molecule has 54 valence electrons. The van der Waals surface area contributed by atoms with Crippen LogP contribution in [0.4, 0.5) is 0 Å². The molecule has 0 aliphatic rings. The molecule has 1 aromatic rings. The van der Waals surface area contributed by atoms with Gasteiger partial charge in [0.15, 0.2) is 5.11 Å². The molecule has 0 aliphatic carbocycles. The molecule has 1 aromatic heterocycles. The molecule has 1 rings (SSSR count). The van der Waals surface area contributed by atoms with E-state index in [0.717, 1.165) is 5.69 Å². The van der Waals surface area contributed by atoms with Gasteiger partial charge in [-0.3, -0.25) is 0 Å². The highest BCUT2D eigenvalue weighted by Gasteiger charge is 1.90. The minimum atomic E-state index is 0.328. The first-order chi connectivity index (χ1) is 4.79. The van der Waals surface area contributed by atoms with Gasteiger partial charge in [-0.1, -0.05) is 0 Å². The largest absolute Gasteiger partial charge is 0.376 e. The molecule has 0 saturated carbocycles. The number of aromatic nitrogens is 1. The number of hydrogen-bond acceptors (Lipinski definition) is 1. The van der Waals surface area contributed by atoms with Gasteiger partial charge in [-0.05, 0) is 24.4 Å². The lowest BCUT2D eigenvalue weighted by atomic mass is 10.4. The third-order valence-corrected chi connectivity index (χ3v) is 1.26. The standard InChI is InChI=1S/C6H9N3S/c7-6(10)9-4-5-2-1-3-8-5/h1-3,8H,4H2,(H3,7,9,10). The fourth-order valence-electron chi connectivity index (χ4n) is 0.660. The number of hydrogen-bond donors (Lipinski definition) is 3. The van der Waals surface area contributed by atoms with Crippen LogP contribution in [0.25, 0.3) is 0 Å². The predicted molar refractivity (Wildman–Crippen MR) is 44.4 cm³/mol. The Morgan fingerprint density at radius 1 is 1.80 bits per heavy atom. The topological polar surface area (TPSA) is 53.8 Å². The van der Waals surface area contributed by atoms with Gasteiger partial charge in [0.2, 0.25) is 0 Å². The Morgan fingerprint density at radius 3 is 3.10 bits per heavy atom. The number of H-pyrrole nitrogens is 1. The van der Waals surface area contributed by atoms with Crippen molar-refractivity contribution in [2.24, 2.45) is 5.73 Å². The monoisotopic (exact) mass is 155 g/mol. The zero-order valence-corrected chi connectivity index (χ0v) is 6.24. The van der Waals surface area contributed by atoms with Crippen LogP contribution < -0.4 is 11.1 Å². The first kappa shape index (κ1) is 7.08. The predicted octanol–water partition coefficient (Wildman–Crippen LogP) is 0.348. The van der Waals surface area contributed by atoms with Gasteiger partial charge in [-0.25, -0.2) is 0 Å². The van der Waals surface area contributed by atoms with E-state index in [0.29, 0.717) is 11.7 Å². The zero-order chi connectivity index (χ0) is 7.40. The molecule has 0 spiro atoms. The summed E-state index contributed by atoms with van der Waals surface area (Å²) in [6, 6.07) is 3.89. The highest BCUT2D eigenvalue weighted by molar-refractivity contribution is 7.80. The molecule has 0 saturated heterocycles. The van der Waals surface area contributed by atoms with Crippen LogP contribution in [0.2, 0.25) is 0 Å². The summed E-state index contributed by atoms with van der Waals surface area (Å²) in [6.45, 7) is 0.669. The second-order valence-corrected chi connectivity index (χ2v) is 2.35. The number of rotatable bonds is 2. The normalized spacial score (nSPS) is 9.20. The molecule has 0 unspecified atom stereocenters. The fourth-order valence-corrected chi connectivity index (χ4v) is 0.732. The highest BCUT2D eigenvalue weighted by atomic mass is 32.1. The van der Waals surface area contributed by atoms with Crippen molar-refractivity contribution in [3.8, 4) is 0 Å². The Labute approximate surface area is 64.6 Å². The summed E-state index contributed by atoms with van der Waals surface area (Å²) in [7, 11) is 0. The molecule has 0 fully saturated rings. The van der Waals surface area contributed by atoms with Crippen molar-refractivity contribution in [3.63, 3.8) is 0 Å². The SMILES string of the molecule is NC(=S)NCc1ccc[nH]1. The molecule has 10 heavy (non-hydrogen) atoms. The molecular weight excluding hydrogens is 146 g/mol. The number of nitrogens with two attached hydrogens (primary N) is 1. The van der Waals surface area contributed by atoms with Crippen molar-refractivity contribution in [1.82, 2.24) is 10.3 Å². The highest BCUT2D eigenvalue weighted by Crippen LogP contribution is 1.91. The van der Waals surface area contributed by atoms with Crippen LogP contribution in [-0.2, 0) is 6.54 Å². The molecular formula is C6H9N3S. The Balaban J connectivity index is 2.35. The summed E-state index contributed by atoms with van der Waals surface area (Å²) in [6.07, 6.45) is 1.86. The van der Waals surface area contributed by atoms with E-state index in [2.05, 4.69) is 22.5 Å². The average Bonchev–Trinajstić information content (AvgIpc) is 2.34. The van der Waals surface area contributed by atoms with Gasteiger partial charge in [0.1, 0.15) is 0 Å². The molecule has 0 radical (unpaired) electrons. The average molecular weight is 155 g/mol. The third kappa shape index (κ3) is 2.06. The molecule has 1 heterocycles. The first-order valence-electron chi connectivity index (χ1n) is 2.94. The Bertz CT molecular complexity index is 205. The van der Waals surface area contributed by atoms with Gasteiger partial charge in [-0.15, -0.1) is 0 Å². The summed E-state index contributed by atoms with van der Waals surface area (Å²) < 4.78 is 0. The maximum atomic E-state index is 5.22. The first-order valence-corrected chi connectivity index (χ1v) is 3.35. The van der Waals surface area contributed by atoms with E-state index in [4.69, 9.17) is 5.73 Å². The summed E-state index contributed by atoms with van der Waals surface area (Å²) >= 11 is 4.62. The molecule has 0 bridgehead atoms. The van der Waals surface area contributed by atoms with Gasteiger partial charge in [0.05, 0.1) is 6.54 Å². The number of aromatic amines is 1. The van der Waals surface area contributed by atoms with E-state index in [1.165, 1.54) is 0 Å². The molecule has 3 nitrogen and oxygen atoms in total. The Hall–Kier alpha value is -1.03. The van der Waals surface area contributed by atoms with Crippen molar-refractivity contribution < 1.29 is 0 Å². The van der Waals surface area contributed by atoms with E-state index >= 15 is 0 Å². The maximum absolute atomic E-state index is 5.22. The molecule has 0 amide bonds. The van der Waals surface area contributed by atoms with Crippen molar-refractivity contribution >= 4 is 17.3 Å². The van der Waals surface area contributed by atoms with Crippen LogP contribution in [-0.4, -0.2) is 10.1 Å². The van der Waals surface area contributed by atoms with Crippen molar-refractivity contribution in [3.05, 3.63) is 24.0 Å². The fraction of sp³-hybridized carbons (Fsp3) is 0.167. The lowest BCUT2D eigenvalue weighted by molar-refractivity contribution is 0.888. The van der Waals surface area contributed by atoms with E-state index < -0.39 is 0 Å². The molecule has 4 N–H and O–H groups in total. The van der Waals surface area contributed by atoms with Crippen molar-refractivity contribution in [1.29, 1.82) is 0 Å². The van der Waals surface area contributed by atoms with Crippen molar-refractivity contribution in [2.75, 3.05) is 0 Å². The van der Waals surface area contributed by atoms with Crippen LogP contribution >= 0.6 is 12.2 Å².